The van der Waals surface area contributed by atoms with Crippen molar-refractivity contribution in [3.8, 4) is 0 Å². The molecule has 1 aliphatic rings. The average molecular weight is 365 g/mol. The van der Waals surface area contributed by atoms with Gasteiger partial charge in [0.05, 0.1) is 6.61 Å². The molecule has 132 valence electrons. The van der Waals surface area contributed by atoms with Crippen molar-refractivity contribution in [1.29, 1.82) is 0 Å². The predicted molar refractivity (Wildman–Crippen MR) is 89.3 cm³/mol. The molecule has 0 unspecified atom stereocenters. The number of hydrogen-bond donors (Lipinski definition) is 0. The van der Waals surface area contributed by atoms with Gasteiger partial charge in [-0.25, -0.2) is 9.48 Å². The minimum absolute atomic E-state index is 0.0209. The van der Waals surface area contributed by atoms with Gasteiger partial charge >= 0.3 is 11.7 Å². The zero-order chi connectivity index (χ0) is 18.0. The first-order valence-corrected chi connectivity index (χ1v) is 8.25. The Hall–Kier alpha value is -2.61. The number of halogens is 1. The van der Waals surface area contributed by atoms with Crippen molar-refractivity contribution in [2.75, 3.05) is 13.2 Å². The van der Waals surface area contributed by atoms with E-state index in [1.165, 1.54) is 4.57 Å². The first-order valence-electron chi connectivity index (χ1n) is 7.87. The smallest absolute Gasteiger partial charge is 0.346 e. The SMILES string of the molecule is CCOC(=O)Cn1nc2n(c1=O)CCN(Cc1ccccc1Cl)C2=O. The maximum atomic E-state index is 12.6. The largest absolute Gasteiger partial charge is 0.465 e. The maximum Gasteiger partial charge on any atom is 0.346 e. The van der Waals surface area contributed by atoms with E-state index in [0.717, 1.165) is 10.2 Å². The molecule has 3 rings (SSSR count). The highest BCUT2D eigenvalue weighted by molar-refractivity contribution is 6.31. The van der Waals surface area contributed by atoms with Crippen LogP contribution in [0.1, 0.15) is 23.1 Å². The molecule has 9 heteroatoms. The second-order valence-corrected chi connectivity index (χ2v) is 5.95. The zero-order valence-electron chi connectivity index (χ0n) is 13.6. The lowest BCUT2D eigenvalue weighted by atomic mass is 10.2. The fourth-order valence-corrected chi connectivity index (χ4v) is 2.87. The molecule has 1 amide bonds. The normalized spacial score (nSPS) is 13.7. The standard InChI is InChI=1S/C16H17ClN4O4/c1-2-25-13(22)10-21-16(24)20-8-7-19(15(23)14(20)18-21)9-11-5-3-4-6-12(11)17/h3-6H,2,7-10H2,1H3. The van der Waals surface area contributed by atoms with E-state index >= 15 is 0 Å². The molecular weight excluding hydrogens is 348 g/mol. The van der Waals surface area contributed by atoms with Crippen LogP contribution >= 0.6 is 11.6 Å². The molecule has 0 spiro atoms. The fraction of sp³-hybridized carbons (Fsp3) is 0.375. The van der Waals surface area contributed by atoms with Gasteiger partial charge in [-0.2, -0.15) is 0 Å². The van der Waals surface area contributed by atoms with Crippen molar-refractivity contribution >= 4 is 23.5 Å². The number of esters is 1. The van der Waals surface area contributed by atoms with Crippen LogP contribution in [0, 0.1) is 0 Å². The molecule has 1 aromatic carbocycles. The highest BCUT2D eigenvalue weighted by atomic mass is 35.5. The van der Waals surface area contributed by atoms with Crippen molar-refractivity contribution in [2.24, 2.45) is 0 Å². The summed E-state index contributed by atoms with van der Waals surface area (Å²) in [6, 6.07) is 7.27. The van der Waals surface area contributed by atoms with Gasteiger partial charge in [0.15, 0.2) is 0 Å². The molecule has 2 heterocycles. The molecule has 0 bridgehead atoms. The number of aromatic nitrogens is 3. The summed E-state index contributed by atoms with van der Waals surface area (Å²) in [5, 5.41) is 4.59. The molecular formula is C16H17ClN4O4. The highest BCUT2D eigenvalue weighted by Gasteiger charge is 2.30. The summed E-state index contributed by atoms with van der Waals surface area (Å²) in [5.74, 6) is -0.918. The summed E-state index contributed by atoms with van der Waals surface area (Å²) in [4.78, 5) is 38.1. The van der Waals surface area contributed by atoms with E-state index in [0.29, 0.717) is 24.7 Å². The van der Waals surface area contributed by atoms with Crippen LogP contribution < -0.4 is 5.69 Å². The van der Waals surface area contributed by atoms with E-state index in [-0.39, 0.29) is 24.9 Å². The Bertz CT molecular complexity index is 873. The Balaban J connectivity index is 1.82. The van der Waals surface area contributed by atoms with Gasteiger partial charge in [-0.3, -0.25) is 14.2 Å². The molecule has 0 saturated heterocycles. The molecule has 1 aliphatic heterocycles. The second-order valence-electron chi connectivity index (χ2n) is 5.54. The van der Waals surface area contributed by atoms with Crippen molar-refractivity contribution in [3.05, 3.63) is 51.2 Å². The monoisotopic (exact) mass is 364 g/mol. The van der Waals surface area contributed by atoms with Gasteiger partial charge in [0.2, 0.25) is 5.82 Å². The summed E-state index contributed by atoms with van der Waals surface area (Å²) in [6.07, 6.45) is 0. The van der Waals surface area contributed by atoms with Crippen LogP contribution in [0.15, 0.2) is 29.1 Å². The summed E-state index contributed by atoms with van der Waals surface area (Å²) in [5.41, 5.74) is 0.327. The minimum Gasteiger partial charge on any atom is -0.465 e. The van der Waals surface area contributed by atoms with E-state index < -0.39 is 11.7 Å². The highest BCUT2D eigenvalue weighted by Crippen LogP contribution is 2.19. The van der Waals surface area contributed by atoms with Gasteiger partial charge in [-0.15, -0.1) is 5.10 Å². The lowest BCUT2D eigenvalue weighted by Gasteiger charge is -2.26. The Kier molecular flexibility index (Phi) is 4.89. The van der Waals surface area contributed by atoms with Crippen molar-refractivity contribution < 1.29 is 14.3 Å². The van der Waals surface area contributed by atoms with Gasteiger partial charge < -0.3 is 9.64 Å². The van der Waals surface area contributed by atoms with E-state index in [1.54, 1.807) is 17.9 Å². The van der Waals surface area contributed by atoms with E-state index in [1.807, 2.05) is 18.2 Å². The number of carbonyl (C=O) groups is 2. The van der Waals surface area contributed by atoms with Crippen LogP contribution in [-0.4, -0.2) is 44.3 Å². The Morgan fingerprint density at radius 1 is 1.28 bits per heavy atom. The molecule has 8 nitrogen and oxygen atoms in total. The van der Waals surface area contributed by atoms with Crippen LogP contribution in [0.25, 0.3) is 0 Å². The second kappa shape index (κ2) is 7.10. The molecule has 0 N–H and O–H groups in total. The number of amides is 1. The number of benzene rings is 1. The van der Waals surface area contributed by atoms with E-state index in [4.69, 9.17) is 16.3 Å². The van der Waals surface area contributed by atoms with E-state index in [2.05, 4.69) is 5.10 Å². The molecule has 2 aromatic rings. The quantitative estimate of drug-likeness (QED) is 0.736. The minimum atomic E-state index is -0.569. The third-order valence-corrected chi connectivity index (χ3v) is 4.27. The molecule has 25 heavy (non-hydrogen) atoms. The van der Waals surface area contributed by atoms with Crippen LogP contribution in [0.3, 0.4) is 0 Å². The molecule has 0 radical (unpaired) electrons. The topological polar surface area (TPSA) is 86.4 Å². The summed E-state index contributed by atoms with van der Waals surface area (Å²) in [6.45, 7) is 2.58. The molecule has 1 aromatic heterocycles. The van der Waals surface area contributed by atoms with Crippen LogP contribution in [0.5, 0.6) is 0 Å². The molecule has 0 saturated carbocycles. The van der Waals surface area contributed by atoms with Gasteiger partial charge in [-0.05, 0) is 18.6 Å². The molecule has 0 aliphatic carbocycles. The number of carbonyl (C=O) groups excluding carboxylic acids is 2. The third kappa shape index (κ3) is 3.43. The number of rotatable bonds is 5. The van der Waals surface area contributed by atoms with Crippen molar-refractivity contribution in [2.45, 2.75) is 26.6 Å². The number of nitrogens with zero attached hydrogens (tertiary/aromatic N) is 4. The number of hydrogen-bond acceptors (Lipinski definition) is 5. The number of ether oxygens (including phenoxy) is 1. The summed E-state index contributed by atoms with van der Waals surface area (Å²) in [7, 11) is 0. The van der Waals surface area contributed by atoms with E-state index in [9.17, 15) is 14.4 Å². The van der Waals surface area contributed by atoms with Crippen LogP contribution in [0.2, 0.25) is 5.02 Å². The lowest BCUT2D eigenvalue weighted by Crippen LogP contribution is -2.42. The maximum absolute atomic E-state index is 12.6. The van der Waals surface area contributed by atoms with Crippen molar-refractivity contribution in [3.63, 3.8) is 0 Å². The van der Waals surface area contributed by atoms with Gasteiger partial charge in [0.25, 0.3) is 5.91 Å². The summed E-state index contributed by atoms with van der Waals surface area (Å²) < 4.78 is 7.06. The van der Waals surface area contributed by atoms with Gasteiger partial charge in [0, 0.05) is 24.7 Å². The summed E-state index contributed by atoms with van der Waals surface area (Å²) >= 11 is 6.14. The van der Waals surface area contributed by atoms with Crippen LogP contribution in [0.4, 0.5) is 0 Å². The lowest BCUT2D eigenvalue weighted by molar-refractivity contribution is -0.144. The number of fused-ring (bicyclic) bond motifs is 1. The first kappa shape index (κ1) is 17.2. The van der Waals surface area contributed by atoms with Crippen LogP contribution in [-0.2, 0) is 29.2 Å². The van der Waals surface area contributed by atoms with Gasteiger partial charge in [0.1, 0.15) is 6.54 Å². The fourth-order valence-electron chi connectivity index (χ4n) is 2.68. The Morgan fingerprint density at radius 3 is 2.76 bits per heavy atom. The Labute approximate surface area is 148 Å². The predicted octanol–water partition coefficient (Wildman–Crippen LogP) is 0.917. The molecule has 0 atom stereocenters. The zero-order valence-corrected chi connectivity index (χ0v) is 14.4. The Morgan fingerprint density at radius 2 is 2.04 bits per heavy atom. The van der Waals surface area contributed by atoms with Crippen molar-refractivity contribution in [1.82, 2.24) is 19.2 Å². The average Bonchev–Trinajstić information content (AvgIpc) is 2.89. The first-order chi connectivity index (χ1) is 12.0. The van der Waals surface area contributed by atoms with Gasteiger partial charge in [-0.1, -0.05) is 29.8 Å². The molecule has 0 fully saturated rings. The third-order valence-electron chi connectivity index (χ3n) is 3.90.